The third-order valence-electron chi connectivity index (χ3n) is 1.53. The average Bonchev–Trinajstić information content (AvgIpc) is 2.34. The van der Waals surface area contributed by atoms with Gasteiger partial charge in [-0.3, -0.25) is 0 Å². The normalized spacial score (nSPS) is 13.5. The van der Waals surface area contributed by atoms with E-state index in [0.717, 1.165) is 3.79 Å². The molecular formula is C7H10BrNS. The van der Waals surface area contributed by atoms with Gasteiger partial charge in [-0.1, -0.05) is 13.8 Å². The molecule has 0 amide bonds. The zero-order valence-electron chi connectivity index (χ0n) is 6.10. The van der Waals surface area contributed by atoms with E-state index in [1.165, 1.54) is 11.4 Å². The molecule has 1 atom stereocenters. The first kappa shape index (κ1) is 8.21. The SMILES string of the molecule is CCC(C)c1ncc(Br)s1. The highest BCUT2D eigenvalue weighted by Gasteiger charge is 2.06. The highest BCUT2D eigenvalue weighted by atomic mass is 79.9. The Morgan fingerprint density at radius 1 is 1.80 bits per heavy atom. The summed E-state index contributed by atoms with van der Waals surface area (Å²) in [5.74, 6) is 0.608. The molecule has 0 radical (unpaired) electrons. The third-order valence-corrected chi connectivity index (χ3v) is 3.24. The summed E-state index contributed by atoms with van der Waals surface area (Å²) in [5.41, 5.74) is 0. The van der Waals surface area contributed by atoms with E-state index in [4.69, 9.17) is 0 Å². The number of nitrogens with zero attached hydrogens (tertiary/aromatic N) is 1. The number of hydrogen-bond donors (Lipinski definition) is 0. The summed E-state index contributed by atoms with van der Waals surface area (Å²) in [6.07, 6.45) is 3.03. The van der Waals surface area contributed by atoms with Crippen LogP contribution in [0.3, 0.4) is 0 Å². The van der Waals surface area contributed by atoms with Crippen LogP contribution >= 0.6 is 27.3 Å². The second-order valence-corrected chi connectivity index (χ2v) is 4.75. The summed E-state index contributed by atoms with van der Waals surface area (Å²) in [6.45, 7) is 4.38. The van der Waals surface area contributed by atoms with Gasteiger partial charge in [-0.2, -0.15) is 0 Å². The lowest BCUT2D eigenvalue weighted by molar-refractivity contribution is 0.726. The molecule has 1 heterocycles. The minimum atomic E-state index is 0.608. The molecule has 0 saturated carbocycles. The first-order valence-corrected chi connectivity index (χ1v) is 4.96. The molecule has 0 aliphatic rings. The van der Waals surface area contributed by atoms with Crippen molar-refractivity contribution < 1.29 is 0 Å². The van der Waals surface area contributed by atoms with Crippen molar-refractivity contribution >= 4 is 27.3 Å². The quantitative estimate of drug-likeness (QED) is 0.744. The predicted molar refractivity (Wildman–Crippen MR) is 48.5 cm³/mol. The molecule has 10 heavy (non-hydrogen) atoms. The smallest absolute Gasteiger partial charge is 0.0964 e. The molecule has 1 aromatic rings. The van der Waals surface area contributed by atoms with Crippen LogP contribution in [0, 0.1) is 0 Å². The maximum absolute atomic E-state index is 4.26. The fourth-order valence-corrected chi connectivity index (χ4v) is 2.05. The van der Waals surface area contributed by atoms with Gasteiger partial charge in [0.1, 0.15) is 0 Å². The zero-order valence-corrected chi connectivity index (χ0v) is 8.50. The van der Waals surface area contributed by atoms with Crippen molar-refractivity contribution in [3.05, 3.63) is 15.0 Å². The highest BCUT2D eigenvalue weighted by molar-refractivity contribution is 9.11. The molecule has 0 fully saturated rings. The maximum Gasteiger partial charge on any atom is 0.0964 e. The van der Waals surface area contributed by atoms with Gasteiger partial charge in [0.25, 0.3) is 0 Å². The van der Waals surface area contributed by atoms with Crippen LogP contribution in [-0.4, -0.2) is 4.98 Å². The fraction of sp³-hybridized carbons (Fsp3) is 0.571. The van der Waals surface area contributed by atoms with Crippen LogP contribution in [0.15, 0.2) is 9.98 Å². The zero-order chi connectivity index (χ0) is 7.56. The van der Waals surface area contributed by atoms with E-state index < -0.39 is 0 Å². The summed E-state index contributed by atoms with van der Waals surface area (Å²) in [7, 11) is 0. The van der Waals surface area contributed by atoms with Gasteiger partial charge in [-0.15, -0.1) is 11.3 Å². The summed E-state index contributed by atoms with van der Waals surface area (Å²) >= 11 is 5.11. The Balaban J connectivity index is 2.74. The molecule has 0 N–H and O–H groups in total. The Bertz CT molecular complexity index is 209. The third kappa shape index (κ3) is 1.80. The van der Waals surface area contributed by atoms with E-state index in [9.17, 15) is 0 Å². The Labute approximate surface area is 73.6 Å². The molecule has 0 saturated heterocycles. The van der Waals surface area contributed by atoms with Gasteiger partial charge in [0.05, 0.1) is 15.0 Å². The van der Waals surface area contributed by atoms with Crippen LogP contribution < -0.4 is 0 Å². The van der Waals surface area contributed by atoms with Crippen molar-refractivity contribution in [2.75, 3.05) is 0 Å². The van der Waals surface area contributed by atoms with Crippen LogP contribution in [-0.2, 0) is 0 Å². The summed E-state index contributed by atoms with van der Waals surface area (Å²) in [6, 6.07) is 0. The van der Waals surface area contributed by atoms with E-state index in [2.05, 4.69) is 34.8 Å². The maximum atomic E-state index is 4.26. The molecule has 0 aliphatic carbocycles. The molecule has 1 unspecified atom stereocenters. The van der Waals surface area contributed by atoms with Gasteiger partial charge in [-0.05, 0) is 22.4 Å². The topological polar surface area (TPSA) is 12.9 Å². The van der Waals surface area contributed by atoms with Crippen molar-refractivity contribution in [3.63, 3.8) is 0 Å². The van der Waals surface area contributed by atoms with E-state index in [1.54, 1.807) is 11.3 Å². The molecule has 56 valence electrons. The van der Waals surface area contributed by atoms with Crippen LogP contribution in [0.25, 0.3) is 0 Å². The number of hydrogen-bond acceptors (Lipinski definition) is 2. The lowest BCUT2D eigenvalue weighted by Crippen LogP contribution is -1.87. The molecule has 0 bridgehead atoms. The summed E-state index contributed by atoms with van der Waals surface area (Å²) in [5, 5.41) is 1.23. The monoisotopic (exact) mass is 219 g/mol. The molecule has 3 heteroatoms. The molecule has 0 aromatic carbocycles. The summed E-state index contributed by atoms with van der Waals surface area (Å²) in [4.78, 5) is 4.26. The van der Waals surface area contributed by atoms with Gasteiger partial charge in [0.2, 0.25) is 0 Å². The van der Waals surface area contributed by atoms with Crippen LogP contribution in [0.4, 0.5) is 0 Å². The first-order valence-electron chi connectivity index (χ1n) is 3.35. The lowest BCUT2D eigenvalue weighted by atomic mass is 10.1. The van der Waals surface area contributed by atoms with Crippen LogP contribution in [0.1, 0.15) is 31.2 Å². The first-order chi connectivity index (χ1) is 4.74. The van der Waals surface area contributed by atoms with E-state index in [0.29, 0.717) is 5.92 Å². The van der Waals surface area contributed by atoms with E-state index in [-0.39, 0.29) is 0 Å². The second kappa shape index (κ2) is 3.49. The number of aromatic nitrogens is 1. The Morgan fingerprint density at radius 3 is 2.90 bits per heavy atom. The molecule has 1 nitrogen and oxygen atoms in total. The van der Waals surface area contributed by atoms with Crippen molar-refractivity contribution in [1.82, 2.24) is 4.98 Å². The second-order valence-electron chi connectivity index (χ2n) is 2.31. The average molecular weight is 220 g/mol. The van der Waals surface area contributed by atoms with E-state index >= 15 is 0 Å². The van der Waals surface area contributed by atoms with Crippen molar-refractivity contribution in [3.8, 4) is 0 Å². The molecule has 0 aliphatic heterocycles. The largest absolute Gasteiger partial charge is 0.248 e. The minimum Gasteiger partial charge on any atom is -0.248 e. The van der Waals surface area contributed by atoms with Gasteiger partial charge in [0.15, 0.2) is 0 Å². The Morgan fingerprint density at radius 2 is 2.50 bits per heavy atom. The lowest BCUT2D eigenvalue weighted by Gasteiger charge is -2.00. The van der Waals surface area contributed by atoms with Gasteiger partial charge < -0.3 is 0 Å². The van der Waals surface area contributed by atoms with Crippen molar-refractivity contribution in [2.24, 2.45) is 0 Å². The number of rotatable bonds is 2. The molecule has 0 spiro atoms. The van der Waals surface area contributed by atoms with Crippen molar-refractivity contribution in [1.29, 1.82) is 0 Å². The van der Waals surface area contributed by atoms with Crippen molar-refractivity contribution in [2.45, 2.75) is 26.2 Å². The van der Waals surface area contributed by atoms with E-state index in [1.807, 2.05) is 6.20 Å². The minimum absolute atomic E-state index is 0.608. The number of thiazole rings is 1. The predicted octanol–water partition coefficient (Wildman–Crippen LogP) is 3.42. The molecule has 1 rings (SSSR count). The van der Waals surface area contributed by atoms with Crippen LogP contribution in [0.5, 0.6) is 0 Å². The Kier molecular flexibility index (Phi) is 2.86. The Hall–Kier alpha value is 0.110. The standard InChI is InChI=1S/C7H10BrNS/c1-3-5(2)7-9-4-6(8)10-7/h4-5H,3H2,1-2H3. The molecular weight excluding hydrogens is 210 g/mol. The van der Waals surface area contributed by atoms with Gasteiger partial charge in [0, 0.05) is 5.92 Å². The van der Waals surface area contributed by atoms with Gasteiger partial charge in [-0.25, -0.2) is 4.98 Å². The summed E-state index contributed by atoms with van der Waals surface area (Å²) < 4.78 is 1.13. The number of halogens is 1. The van der Waals surface area contributed by atoms with Crippen LogP contribution in [0.2, 0.25) is 0 Å². The molecule has 1 aromatic heterocycles. The highest BCUT2D eigenvalue weighted by Crippen LogP contribution is 2.26. The fourth-order valence-electron chi connectivity index (χ4n) is 0.669. The van der Waals surface area contributed by atoms with Gasteiger partial charge >= 0.3 is 0 Å².